The van der Waals surface area contributed by atoms with Gasteiger partial charge in [0.15, 0.2) is 0 Å². The van der Waals surface area contributed by atoms with Gasteiger partial charge in [-0.05, 0) is 57.9 Å². The molecule has 2 rings (SSSR count). The third kappa shape index (κ3) is 3.67. The van der Waals surface area contributed by atoms with Gasteiger partial charge < -0.3 is 14.8 Å². The zero-order valence-corrected chi connectivity index (χ0v) is 14.4. The second-order valence-corrected chi connectivity index (χ2v) is 5.87. The number of anilines is 1. The highest BCUT2D eigenvalue weighted by Crippen LogP contribution is 2.29. The van der Waals surface area contributed by atoms with E-state index in [1.807, 2.05) is 36.4 Å². The molecule has 1 N–H and O–H groups in total. The van der Waals surface area contributed by atoms with Crippen LogP contribution in [-0.2, 0) is 6.54 Å². The summed E-state index contributed by atoms with van der Waals surface area (Å²) in [5, 5.41) is 3.37. The Morgan fingerprint density at radius 2 is 1.75 bits per heavy atom. The fraction of sp³-hybridized carbons (Fsp3) is 0.200. The third-order valence-corrected chi connectivity index (χ3v) is 4.28. The fourth-order valence-corrected chi connectivity index (χ4v) is 2.71. The molecule has 0 fully saturated rings. The Morgan fingerprint density at radius 1 is 0.950 bits per heavy atom. The normalized spacial score (nSPS) is 10.2. The second-order valence-electron chi connectivity index (χ2n) is 4.16. The van der Waals surface area contributed by atoms with E-state index in [9.17, 15) is 0 Å². The highest BCUT2D eigenvalue weighted by Gasteiger charge is 2.04. The zero-order valence-electron chi connectivity index (χ0n) is 11.2. The average molecular weight is 401 g/mol. The van der Waals surface area contributed by atoms with E-state index in [4.69, 9.17) is 9.47 Å². The van der Waals surface area contributed by atoms with Crippen LogP contribution >= 0.6 is 31.9 Å². The first-order valence-corrected chi connectivity index (χ1v) is 7.62. The van der Waals surface area contributed by atoms with Crippen molar-refractivity contribution in [1.29, 1.82) is 0 Å². The van der Waals surface area contributed by atoms with Crippen LogP contribution < -0.4 is 14.8 Å². The summed E-state index contributed by atoms with van der Waals surface area (Å²) in [4.78, 5) is 0. The Bertz CT molecular complexity index is 602. The highest BCUT2D eigenvalue weighted by atomic mass is 79.9. The molecule has 0 unspecified atom stereocenters. The summed E-state index contributed by atoms with van der Waals surface area (Å²) in [6.07, 6.45) is 0. The lowest BCUT2D eigenvalue weighted by molar-refractivity contribution is 0.412. The molecule has 3 nitrogen and oxygen atoms in total. The Labute approximate surface area is 135 Å². The molecule has 106 valence electrons. The zero-order chi connectivity index (χ0) is 14.5. The summed E-state index contributed by atoms with van der Waals surface area (Å²) >= 11 is 7.02. The summed E-state index contributed by atoms with van der Waals surface area (Å²) in [6, 6.07) is 11.8. The molecule has 0 radical (unpaired) electrons. The van der Waals surface area contributed by atoms with Crippen LogP contribution in [0.5, 0.6) is 11.5 Å². The maximum atomic E-state index is 5.24. The van der Waals surface area contributed by atoms with Crippen molar-refractivity contribution in [2.24, 2.45) is 0 Å². The van der Waals surface area contributed by atoms with Crippen LogP contribution in [0.15, 0.2) is 45.3 Å². The van der Waals surface area contributed by atoms with Crippen LogP contribution in [0.1, 0.15) is 5.56 Å². The molecule has 20 heavy (non-hydrogen) atoms. The van der Waals surface area contributed by atoms with Crippen LogP contribution in [0.3, 0.4) is 0 Å². The standard InChI is InChI=1S/C15H15Br2NO2/c1-19-12-4-5-13(16)10(7-12)9-18-11-3-6-15(20-2)14(17)8-11/h3-8,18H,9H2,1-2H3. The van der Waals surface area contributed by atoms with Gasteiger partial charge in [-0.25, -0.2) is 0 Å². The molecule has 0 saturated carbocycles. The smallest absolute Gasteiger partial charge is 0.133 e. The largest absolute Gasteiger partial charge is 0.497 e. The molecule has 0 heterocycles. The molecular weight excluding hydrogens is 386 g/mol. The van der Waals surface area contributed by atoms with Crippen molar-refractivity contribution >= 4 is 37.5 Å². The lowest BCUT2D eigenvalue weighted by Gasteiger charge is -2.11. The molecule has 0 aliphatic rings. The molecule has 0 bridgehead atoms. The van der Waals surface area contributed by atoms with Gasteiger partial charge in [-0.1, -0.05) is 15.9 Å². The number of ether oxygens (including phenoxy) is 2. The summed E-state index contributed by atoms with van der Waals surface area (Å²) in [7, 11) is 3.32. The van der Waals surface area contributed by atoms with Crippen LogP contribution in [0, 0.1) is 0 Å². The van der Waals surface area contributed by atoms with E-state index >= 15 is 0 Å². The topological polar surface area (TPSA) is 30.5 Å². The Hall–Kier alpha value is -1.20. The maximum Gasteiger partial charge on any atom is 0.133 e. The highest BCUT2D eigenvalue weighted by molar-refractivity contribution is 9.10. The maximum absolute atomic E-state index is 5.24. The number of nitrogens with one attached hydrogen (secondary N) is 1. The molecule has 0 aromatic heterocycles. The van der Waals surface area contributed by atoms with E-state index in [-0.39, 0.29) is 0 Å². The Kier molecular flexibility index (Phi) is 5.31. The van der Waals surface area contributed by atoms with Gasteiger partial charge in [0.25, 0.3) is 0 Å². The first-order chi connectivity index (χ1) is 9.63. The Balaban J connectivity index is 2.10. The summed E-state index contributed by atoms with van der Waals surface area (Å²) in [5.74, 6) is 1.67. The first kappa shape index (κ1) is 15.2. The number of hydrogen-bond donors (Lipinski definition) is 1. The number of halogens is 2. The van der Waals surface area contributed by atoms with Gasteiger partial charge in [0.2, 0.25) is 0 Å². The van der Waals surface area contributed by atoms with Crippen molar-refractivity contribution in [2.45, 2.75) is 6.54 Å². The van der Waals surface area contributed by atoms with Gasteiger partial charge in [-0.15, -0.1) is 0 Å². The van der Waals surface area contributed by atoms with Crippen molar-refractivity contribution < 1.29 is 9.47 Å². The van der Waals surface area contributed by atoms with Crippen molar-refractivity contribution in [3.05, 3.63) is 50.9 Å². The van der Waals surface area contributed by atoms with E-state index in [0.29, 0.717) is 6.54 Å². The molecule has 0 aliphatic heterocycles. The summed E-state index contributed by atoms with van der Waals surface area (Å²) < 4.78 is 12.4. The number of hydrogen-bond acceptors (Lipinski definition) is 3. The van der Waals surface area contributed by atoms with E-state index < -0.39 is 0 Å². The molecule has 2 aromatic carbocycles. The van der Waals surface area contributed by atoms with Crippen LogP contribution in [0.4, 0.5) is 5.69 Å². The van der Waals surface area contributed by atoms with Gasteiger partial charge in [0.1, 0.15) is 11.5 Å². The minimum atomic E-state index is 0.705. The molecule has 0 saturated heterocycles. The summed E-state index contributed by atoms with van der Waals surface area (Å²) in [6.45, 7) is 0.705. The predicted octanol–water partition coefficient (Wildman–Crippen LogP) is 4.84. The van der Waals surface area contributed by atoms with E-state index in [1.54, 1.807) is 14.2 Å². The molecule has 5 heteroatoms. The van der Waals surface area contributed by atoms with Crippen LogP contribution in [-0.4, -0.2) is 14.2 Å². The van der Waals surface area contributed by atoms with E-state index in [2.05, 4.69) is 37.2 Å². The minimum absolute atomic E-state index is 0.705. The van der Waals surface area contributed by atoms with Gasteiger partial charge in [-0.3, -0.25) is 0 Å². The quantitative estimate of drug-likeness (QED) is 0.778. The van der Waals surface area contributed by atoms with Crippen molar-refractivity contribution in [2.75, 3.05) is 19.5 Å². The number of methoxy groups -OCH3 is 2. The van der Waals surface area contributed by atoms with Crippen LogP contribution in [0.25, 0.3) is 0 Å². The lowest BCUT2D eigenvalue weighted by Crippen LogP contribution is -2.01. The fourth-order valence-electron chi connectivity index (χ4n) is 1.79. The number of benzene rings is 2. The van der Waals surface area contributed by atoms with Gasteiger partial charge in [-0.2, -0.15) is 0 Å². The molecular formula is C15H15Br2NO2. The van der Waals surface area contributed by atoms with Gasteiger partial charge >= 0.3 is 0 Å². The van der Waals surface area contributed by atoms with Crippen molar-refractivity contribution in [1.82, 2.24) is 0 Å². The van der Waals surface area contributed by atoms with E-state index in [1.165, 1.54) is 0 Å². The molecule has 0 atom stereocenters. The summed E-state index contributed by atoms with van der Waals surface area (Å²) in [5.41, 5.74) is 2.16. The molecule has 0 aliphatic carbocycles. The molecule has 2 aromatic rings. The Morgan fingerprint density at radius 3 is 2.40 bits per heavy atom. The first-order valence-electron chi connectivity index (χ1n) is 6.04. The third-order valence-electron chi connectivity index (χ3n) is 2.89. The predicted molar refractivity (Wildman–Crippen MR) is 88.7 cm³/mol. The second kappa shape index (κ2) is 6.99. The van der Waals surface area contributed by atoms with Crippen molar-refractivity contribution in [3.8, 4) is 11.5 Å². The van der Waals surface area contributed by atoms with Crippen LogP contribution in [0.2, 0.25) is 0 Å². The monoisotopic (exact) mass is 399 g/mol. The van der Waals surface area contributed by atoms with E-state index in [0.717, 1.165) is 31.7 Å². The molecule has 0 amide bonds. The average Bonchev–Trinajstić information content (AvgIpc) is 2.46. The van der Waals surface area contributed by atoms with Gasteiger partial charge in [0.05, 0.1) is 18.7 Å². The molecule has 0 spiro atoms. The SMILES string of the molecule is COc1ccc(Br)c(CNc2ccc(OC)c(Br)c2)c1. The van der Waals surface area contributed by atoms with Crippen molar-refractivity contribution in [3.63, 3.8) is 0 Å². The van der Waals surface area contributed by atoms with Gasteiger partial charge in [0, 0.05) is 16.7 Å². The number of rotatable bonds is 5. The lowest BCUT2D eigenvalue weighted by atomic mass is 10.2. The minimum Gasteiger partial charge on any atom is -0.497 e.